The zero-order chi connectivity index (χ0) is 17.1. The Kier molecular flexibility index (Phi) is 4.34. The number of benzene rings is 3. The number of unbranched alkanes of at least 4 members (excludes halogenated alkanes) is 1. The molecule has 4 rings (SSSR count). The van der Waals surface area contributed by atoms with Crippen molar-refractivity contribution in [3.05, 3.63) is 78.5 Å². The lowest BCUT2D eigenvalue weighted by Crippen LogP contribution is -1.96. The maximum Gasteiger partial charge on any atom is 0.130 e. The van der Waals surface area contributed by atoms with Gasteiger partial charge in [-0.2, -0.15) is 0 Å². The molecule has 1 aromatic heterocycles. The molecular weight excluding hydrogens is 304 g/mol. The molecule has 2 nitrogen and oxygen atoms in total. The molecule has 0 fully saturated rings. The van der Waals surface area contributed by atoms with Crippen LogP contribution < -0.4 is 5.32 Å². The van der Waals surface area contributed by atoms with E-state index in [4.69, 9.17) is 0 Å². The van der Waals surface area contributed by atoms with Crippen molar-refractivity contribution in [2.75, 3.05) is 5.32 Å². The Morgan fingerprint density at radius 2 is 1.64 bits per heavy atom. The molecule has 4 aromatic rings. The molecule has 0 saturated carbocycles. The lowest BCUT2D eigenvalue weighted by Gasteiger charge is -2.11. The number of nitrogens with zero attached hydrogens (tertiary/aromatic N) is 1. The smallest absolute Gasteiger partial charge is 0.130 e. The molecule has 3 aromatic carbocycles. The fourth-order valence-corrected chi connectivity index (χ4v) is 3.29. The molecule has 0 bridgehead atoms. The van der Waals surface area contributed by atoms with Gasteiger partial charge in [0.2, 0.25) is 0 Å². The summed E-state index contributed by atoms with van der Waals surface area (Å²) in [5, 5.41) is 8.51. The molecule has 25 heavy (non-hydrogen) atoms. The third-order valence-corrected chi connectivity index (χ3v) is 4.65. The van der Waals surface area contributed by atoms with Gasteiger partial charge in [-0.05, 0) is 64.9 Å². The molecule has 0 amide bonds. The number of hydrogen-bond donors (Lipinski definition) is 1. The lowest BCUT2D eigenvalue weighted by atomic mass is 10.0. The van der Waals surface area contributed by atoms with Gasteiger partial charge in [-0.15, -0.1) is 0 Å². The minimum absolute atomic E-state index is 0.911. The topological polar surface area (TPSA) is 24.9 Å². The Labute approximate surface area is 148 Å². The van der Waals surface area contributed by atoms with Crippen LogP contribution in [0.5, 0.6) is 0 Å². The molecule has 1 heterocycles. The molecule has 0 radical (unpaired) electrons. The van der Waals surface area contributed by atoms with Gasteiger partial charge in [0.05, 0.1) is 0 Å². The van der Waals surface area contributed by atoms with Gasteiger partial charge in [-0.3, -0.25) is 0 Å². The summed E-state index contributed by atoms with van der Waals surface area (Å²) < 4.78 is 0. The normalized spacial score (nSPS) is 11.1. The Morgan fingerprint density at radius 1 is 0.840 bits per heavy atom. The molecule has 0 aliphatic rings. The fourth-order valence-electron chi connectivity index (χ4n) is 3.29. The monoisotopic (exact) mass is 326 g/mol. The summed E-state index contributed by atoms with van der Waals surface area (Å²) in [5.41, 5.74) is 2.44. The van der Waals surface area contributed by atoms with E-state index in [0.29, 0.717) is 0 Å². The Bertz CT molecular complexity index is 1020. The van der Waals surface area contributed by atoms with E-state index >= 15 is 0 Å². The highest BCUT2D eigenvalue weighted by atomic mass is 15.0. The summed E-state index contributed by atoms with van der Waals surface area (Å²) in [4.78, 5) is 4.50. The van der Waals surface area contributed by atoms with Crippen molar-refractivity contribution in [2.24, 2.45) is 0 Å². The summed E-state index contributed by atoms with van der Waals surface area (Å²) in [5.74, 6) is 0.911. The largest absolute Gasteiger partial charge is 0.340 e. The van der Waals surface area contributed by atoms with E-state index in [1.807, 2.05) is 6.20 Å². The maximum atomic E-state index is 4.50. The van der Waals surface area contributed by atoms with Gasteiger partial charge in [0.1, 0.15) is 5.82 Å². The molecule has 0 aliphatic carbocycles. The fraction of sp³-hybridized carbons (Fsp3) is 0.174. The van der Waals surface area contributed by atoms with Gasteiger partial charge in [0.15, 0.2) is 0 Å². The van der Waals surface area contributed by atoms with Crippen LogP contribution in [0.25, 0.3) is 21.5 Å². The summed E-state index contributed by atoms with van der Waals surface area (Å²) in [6.07, 6.45) is 5.42. The third kappa shape index (κ3) is 3.34. The van der Waals surface area contributed by atoms with Crippen LogP contribution in [-0.4, -0.2) is 4.98 Å². The summed E-state index contributed by atoms with van der Waals surface area (Å²) >= 11 is 0. The number of aromatic nitrogens is 1. The number of rotatable bonds is 5. The SMILES string of the molecule is CCCCc1ccnc(Nc2cccc3cc4ccccc4cc23)c1. The Morgan fingerprint density at radius 3 is 2.48 bits per heavy atom. The number of pyridine rings is 1. The van der Waals surface area contributed by atoms with Gasteiger partial charge in [-0.25, -0.2) is 4.98 Å². The van der Waals surface area contributed by atoms with Crippen LogP contribution in [0.15, 0.2) is 72.9 Å². The second-order valence-electron chi connectivity index (χ2n) is 6.50. The van der Waals surface area contributed by atoms with Crippen molar-refractivity contribution in [3.63, 3.8) is 0 Å². The van der Waals surface area contributed by atoms with E-state index < -0.39 is 0 Å². The summed E-state index contributed by atoms with van der Waals surface area (Å²) in [6.45, 7) is 2.22. The maximum absolute atomic E-state index is 4.50. The number of nitrogens with one attached hydrogen (secondary N) is 1. The number of fused-ring (bicyclic) bond motifs is 2. The van der Waals surface area contributed by atoms with Crippen LogP contribution in [0.4, 0.5) is 11.5 Å². The van der Waals surface area contributed by atoms with Crippen molar-refractivity contribution in [2.45, 2.75) is 26.2 Å². The van der Waals surface area contributed by atoms with E-state index in [0.717, 1.165) is 17.9 Å². The molecule has 0 spiro atoms. The third-order valence-electron chi connectivity index (χ3n) is 4.65. The molecule has 0 unspecified atom stereocenters. The first-order valence-corrected chi connectivity index (χ1v) is 8.97. The van der Waals surface area contributed by atoms with E-state index in [1.165, 1.54) is 39.9 Å². The average Bonchev–Trinajstić information content (AvgIpc) is 2.65. The van der Waals surface area contributed by atoms with E-state index in [1.54, 1.807) is 0 Å². The van der Waals surface area contributed by atoms with E-state index in [2.05, 4.69) is 84.0 Å². The summed E-state index contributed by atoms with van der Waals surface area (Å²) in [6, 6.07) is 23.7. The predicted octanol–water partition coefficient (Wildman–Crippen LogP) is 6.47. The highest BCUT2D eigenvalue weighted by Crippen LogP contribution is 2.30. The quantitative estimate of drug-likeness (QED) is 0.425. The number of aryl methyl sites for hydroxylation is 1. The van der Waals surface area contributed by atoms with Crippen LogP contribution in [0.1, 0.15) is 25.3 Å². The zero-order valence-corrected chi connectivity index (χ0v) is 14.5. The van der Waals surface area contributed by atoms with Gasteiger partial charge in [0, 0.05) is 17.3 Å². The molecule has 0 aliphatic heterocycles. The first kappa shape index (κ1) is 15.6. The van der Waals surface area contributed by atoms with Crippen LogP contribution in [-0.2, 0) is 6.42 Å². The Balaban J connectivity index is 1.73. The molecular formula is C23H22N2. The predicted molar refractivity (Wildman–Crippen MR) is 108 cm³/mol. The second-order valence-corrected chi connectivity index (χ2v) is 6.50. The first-order valence-electron chi connectivity index (χ1n) is 8.97. The number of anilines is 2. The highest BCUT2D eigenvalue weighted by molar-refractivity contribution is 6.04. The minimum atomic E-state index is 0.911. The molecule has 0 atom stereocenters. The second kappa shape index (κ2) is 6.94. The first-order chi connectivity index (χ1) is 12.3. The van der Waals surface area contributed by atoms with Gasteiger partial charge >= 0.3 is 0 Å². The van der Waals surface area contributed by atoms with E-state index in [-0.39, 0.29) is 0 Å². The molecule has 2 heteroatoms. The van der Waals surface area contributed by atoms with Crippen LogP contribution in [0.3, 0.4) is 0 Å². The van der Waals surface area contributed by atoms with Crippen molar-refractivity contribution in [1.29, 1.82) is 0 Å². The molecule has 124 valence electrons. The average molecular weight is 326 g/mol. The standard InChI is InChI=1S/C23H22N2/c1-2-3-7-17-12-13-24-23(14-17)25-22-11-6-10-20-15-18-8-4-5-9-19(18)16-21(20)22/h4-6,8-16H,2-3,7H2,1H3,(H,24,25). The van der Waals surface area contributed by atoms with Crippen LogP contribution in [0, 0.1) is 0 Å². The zero-order valence-electron chi connectivity index (χ0n) is 14.5. The van der Waals surface area contributed by atoms with Crippen LogP contribution in [0.2, 0.25) is 0 Å². The van der Waals surface area contributed by atoms with E-state index in [9.17, 15) is 0 Å². The highest BCUT2D eigenvalue weighted by Gasteiger charge is 2.05. The van der Waals surface area contributed by atoms with Crippen molar-refractivity contribution in [1.82, 2.24) is 4.98 Å². The van der Waals surface area contributed by atoms with Crippen LogP contribution >= 0.6 is 0 Å². The van der Waals surface area contributed by atoms with Gasteiger partial charge in [0.25, 0.3) is 0 Å². The summed E-state index contributed by atoms with van der Waals surface area (Å²) in [7, 11) is 0. The molecule has 1 N–H and O–H groups in total. The Hall–Kier alpha value is -2.87. The van der Waals surface area contributed by atoms with Gasteiger partial charge < -0.3 is 5.32 Å². The van der Waals surface area contributed by atoms with Crippen molar-refractivity contribution < 1.29 is 0 Å². The number of hydrogen-bond acceptors (Lipinski definition) is 2. The minimum Gasteiger partial charge on any atom is -0.340 e. The van der Waals surface area contributed by atoms with Gasteiger partial charge in [-0.1, -0.05) is 49.7 Å². The van der Waals surface area contributed by atoms with Crippen molar-refractivity contribution in [3.8, 4) is 0 Å². The van der Waals surface area contributed by atoms with Crippen molar-refractivity contribution >= 4 is 33.1 Å². The molecule has 0 saturated heterocycles. The lowest BCUT2D eigenvalue weighted by molar-refractivity contribution is 0.794.